The summed E-state index contributed by atoms with van der Waals surface area (Å²) in [6.45, 7) is 2.82. The van der Waals surface area contributed by atoms with Crippen molar-refractivity contribution in [1.82, 2.24) is 5.32 Å². The van der Waals surface area contributed by atoms with Gasteiger partial charge in [-0.25, -0.2) is 0 Å². The predicted molar refractivity (Wildman–Crippen MR) is 90.8 cm³/mol. The van der Waals surface area contributed by atoms with Crippen LogP contribution in [0.1, 0.15) is 25.3 Å². The van der Waals surface area contributed by atoms with Crippen LogP contribution < -0.4 is 5.32 Å². The molecule has 0 heterocycles. The van der Waals surface area contributed by atoms with Crippen LogP contribution in [0.4, 0.5) is 4.79 Å². The second kappa shape index (κ2) is 9.83. The molecule has 106 valence electrons. The molecular formula is C14H19Br2NOS. The molecule has 0 aliphatic carbocycles. The average molecular weight is 409 g/mol. The lowest BCUT2D eigenvalue weighted by Crippen LogP contribution is -2.26. The average Bonchev–Trinajstić information content (AvgIpc) is 2.44. The fraction of sp³-hybridized carbons (Fsp3) is 0.500. The summed E-state index contributed by atoms with van der Waals surface area (Å²) in [6, 6.07) is 8.25. The first-order valence-corrected chi connectivity index (χ1v) is 9.25. The zero-order valence-corrected chi connectivity index (χ0v) is 15.0. The number of nitrogens with one attached hydrogen (secondary N) is 1. The van der Waals surface area contributed by atoms with Crippen molar-refractivity contribution in [1.29, 1.82) is 0 Å². The number of aryl methyl sites for hydroxylation is 1. The zero-order valence-electron chi connectivity index (χ0n) is 11.0. The number of alkyl halides is 2. The Balaban J connectivity index is 2.37. The van der Waals surface area contributed by atoms with Crippen LogP contribution in [0.2, 0.25) is 0 Å². The maximum absolute atomic E-state index is 11.7. The third-order valence-electron chi connectivity index (χ3n) is 2.59. The van der Waals surface area contributed by atoms with Crippen molar-refractivity contribution in [2.75, 3.05) is 11.9 Å². The summed E-state index contributed by atoms with van der Waals surface area (Å²) in [5.74, 6) is 0. The smallest absolute Gasteiger partial charge is 0.283 e. The van der Waals surface area contributed by atoms with Crippen LogP contribution in [0.3, 0.4) is 0 Å². The zero-order chi connectivity index (χ0) is 14.1. The van der Waals surface area contributed by atoms with Crippen molar-refractivity contribution >= 4 is 48.9 Å². The van der Waals surface area contributed by atoms with E-state index in [1.807, 2.05) is 12.1 Å². The number of carbonyl (C=O) groups excluding carboxylic acids is 1. The second-order valence-electron chi connectivity index (χ2n) is 4.27. The van der Waals surface area contributed by atoms with Crippen molar-refractivity contribution in [3.8, 4) is 0 Å². The number of halogens is 2. The van der Waals surface area contributed by atoms with E-state index in [0.717, 1.165) is 16.6 Å². The highest BCUT2D eigenvalue weighted by molar-refractivity contribution is 9.12. The van der Waals surface area contributed by atoms with Gasteiger partial charge in [-0.3, -0.25) is 4.79 Å². The van der Waals surface area contributed by atoms with Crippen LogP contribution in [-0.4, -0.2) is 21.9 Å². The molecule has 1 aromatic carbocycles. The number of rotatable bonds is 7. The van der Waals surface area contributed by atoms with E-state index in [0.29, 0.717) is 6.54 Å². The van der Waals surface area contributed by atoms with Gasteiger partial charge >= 0.3 is 0 Å². The van der Waals surface area contributed by atoms with Crippen LogP contribution in [0.15, 0.2) is 29.2 Å². The van der Waals surface area contributed by atoms with E-state index in [9.17, 15) is 4.79 Å². The number of carbonyl (C=O) groups is 1. The molecule has 0 aliphatic rings. The van der Waals surface area contributed by atoms with Crippen molar-refractivity contribution < 1.29 is 4.79 Å². The fourth-order valence-corrected chi connectivity index (χ4v) is 2.53. The molecule has 0 saturated heterocycles. The summed E-state index contributed by atoms with van der Waals surface area (Å²) in [5, 5.41) is 3.69. The van der Waals surface area contributed by atoms with Gasteiger partial charge in [0.05, 0.1) is 0 Å². The minimum absolute atomic E-state index is 0.00768. The van der Waals surface area contributed by atoms with Gasteiger partial charge in [-0.15, -0.1) is 0 Å². The number of thioether (sulfide) groups is 1. The standard InChI is InChI=1S/C14H19Br2NOS/c1-2-3-4-11-5-7-13(8-6-11)19-14(18)17-10-12(16)9-15/h5-8,12H,2-4,9-10H2,1H3,(H,17,18). The Labute approximate surface area is 136 Å². The normalized spacial score (nSPS) is 12.2. The van der Waals surface area contributed by atoms with Gasteiger partial charge < -0.3 is 5.32 Å². The van der Waals surface area contributed by atoms with E-state index < -0.39 is 0 Å². The quantitative estimate of drug-likeness (QED) is 0.508. The summed E-state index contributed by atoms with van der Waals surface area (Å²) >= 11 is 8.05. The molecule has 0 aromatic heterocycles. The van der Waals surface area contributed by atoms with Crippen LogP contribution in [0.25, 0.3) is 0 Å². The monoisotopic (exact) mass is 407 g/mol. The molecule has 0 aliphatic heterocycles. The Morgan fingerprint density at radius 2 is 2.05 bits per heavy atom. The van der Waals surface area contributed by atoms with Crippen LogP contribution >= 0.6 is 43.6 Å². The number of hydrogen-bond acceptors (Lipinski definition) is 2. The number of hydrogen-bond donors (Lipinski definition) is 1. The minimum Gasteiger partial charge on any atom is -0.346 e. The lowest BCUT2D eigenvalue weighted by molar-refractivity contribution is 0.261. The third-order valence-corrected chi connectivity index (χ3v) is 5.72. The Kier molecular flexibility index (Phi) is 8.83. The Bertz CT molecular complexity index is 384. The first-order chi connectivity index (χ1) is 9.15. The topological polar surface area (TPSA) is 29.1 Å². The third kappa shape index (κ3) is 7.37. The van der Waals surface area contributed by atoms with E-state index in [2.05, 4.69) is 56.2 Å². The first-order valence-electron chi connectivity index (χ1n) is 6.40. The Hall–Kier alpha value is 0. The van der Waals surface area contributed by atoms with Crippen LogP contribution in [0, 0.1) is 0 Å². The Morgan fingerprint density at radius 1 is 1.37 bits per heavy atom. The molecule has 0 spiro atoms. The van der Waals surface area contributed by atoms with Gasteiger partial charge in [0, 0.05) is 21.6 Å². The van der Waals surface area contributed by atoms with Gasteiger partial charge in [-0.1, -0.05) is 57.3 Å². The second-order valence-corrected chi connectivity index (χ2v) is 7.26. The maximum Gasteiger partial charge on any atom is 0.283 e. The fourth-order valence-electron chi connectivity index (χ4n) is 1.50. The van der Waals surface area contributed by atoms with E-state index in [-0.39, 0.29) is 10.1 Å². The van der Waals surface area contributed by atoms with Crippen molar-refractivity contribution in [3.63, 3.8) is 0 Å². The number of amides is 1. The maximum atomic E-state index is 11.7. The summed E-state index contributed by atoms with van der Waals surface area (Å²) in [4.78, 5) is 13.0. The van der Waals surface area contributed by atoms with E-state index in [4.69, 9.17) is 0 Å². The van der Waals surface area contributed by atoms with Crippen molar-refractivity contribution in [2.45, 2.75) is 35.9 Å². The van der Waals surface area contributed by atoms with Gasteiger partial charge in [-0.05, 0) is 42.3 Å². The summed E-state index contributed by atoms with van der Waals surface area (Å²) in [5.41, 5.74) is 1.34. The number of unbranched alkanes of at least 4 members (excludes halogenated alkanes) is 1. The molecule has 2 nitrogen and oxygen atoms in total. The minimum atomic E-state index is -0.00768. The van der Waals surface area contributed by atoms with Gasteiger partial charge in [0.15, 0.2) is 0 Å². The summed E-state index contributed by atoms with van der Waals surface area (Å²) < 4.78 is 0. The SMILES string of the molecule is CCCCc1ccc(SC(=O)NCC(Br)CBr)cc1. The molecule has 0 fully saturated rings. The van der Waals surface area contributed by atoms with Gasteiger partial charge in [0.2, 0.25) is 0 Å². The van der Waals surface area contributed by atoms with Crippen LogP contribution in [0.5, 0.6) is 0 Å². The van der Waals surface area contributed by atoms with Gasteiger partial charge in [0.25, 0.3) is 5.24 Å². The molecule has 1 unspecified atom stereocenters. The Morgan fingerprint density at radius 3 is 2.63 bits per heavy atom. The molecule has 1 N–H and O–H groups in total. The molecule has 1 atom stereocenters. The highest BCUT2D eigenvalue weighted by Gasteiger charge is 2.07. The van der Waals surface area contributed by atoms with Gasteiger partial charge in [-0.2, -0.15) is 0 Å². The van der Waals surface area contributed by atoms with E-state index >= 15 is 0 Å². The molecule has 0 bridgehead atoms. The lowest BCUT2D eigenvalue weighted by atomic mass is 10.1. The highest BCUT2D eigenvalue weighted by atomic mass is 79.9. The molecule has 0 saturated carbocycles. The number of benzene rings is 1. The highest BCUT2D eigenvalue weighted by Crippen LogP contribution is 2.20. The molecule has 5 heteroatoms. The molecule has 1 aromatic rings. The van der Waals surface area contributed by atoms with Crippen LogP contribution in [-0.2, 0) is 6.42 Å². The predicted octanol–water partition coefficient (Wildman–Crippen LogP) is 4.99. The first kappa shape index (κ1) is 17.1. The van der Waals surface area contributed by atoms with E-state index in [1.54, 1.807) is 0 Å². The molecule has 1 rings (SSSR count). The molecule has 0 radical (unpaired) electrons. The summed E-state index contributed by atoms with van der Waals surface area (Å²) in [7, 11) is 0. The largest absolute Gasteiger partial charge is 0.346 e. The molecule has 19 heavy (non-hydrogen) atoms. The lowest BCUT2D eigenvalue weighted by Gasteiger charge is -2.08. The van der Waals surface area contributed by atoms with Gasteiger partial charge in [0.1, 0.15) is 0 Å². The summed E-state index contributed by atoms with van der Waals surface area (Å²) in [6.07, 6.45) is 3.54. The van der Waals surface area contributed by atoms with Crippen molar-refractivity contribution in [3.05, 3.63) is 29.8 Å². The van der Waals surface area contributed by atoms with E-state index in [1.165, 1.54) is 30.2 Å². The van der Waals surface area contributed by atoms with Crippen molar-refractivity contribution in [2.24, 2.45) is 0 Å². The molecule has 1 amide bonds. The molecular weight excluding hydrogens is 390 g/mol.